The number of rotatable bonds is 7. The third kappa shape index (κ3) is 6.54. The lowest BCUT2D eigenvalue weighted by atomic mass is 10.2. The number of thiocarbonyl (C=S) groups is 1. The minimum Gasteiger partial charge on any atom is -0.362 e. The topological polar surface area (TPSA) is 37.0 Å². The van der Waals surface area contributed by atoms with E-state index < -0.39 is 0 Å². The lowest BCUT2D eigenvalue weighted by Crippen LogP contribution is -2.29. The number of hydrogen-bond acceptors (Lipinski definition) is 3. The van der Waals surface area contributed by atoms with E-state index in [1.165, 1.54) is 6.07 Å². The molecule has 1 aromatic heterocycles. The maximum absolute atomic E-state index is 13.4. The molecule has 0 amide bonds. The summed E-state index contributed by atoms with van der Waals surface area (Å²) in [5.74, 6) is 2.26. The van der Waals surface area contributed by atoms with Gasteiger partial charge in [-0.25, -0.2) is 9.37 Å². The van der Waals surface area contributed by atoms with E-state index in [0.717, 1.165) is 35.8 Å². The van der Waals surface area contributed by atoms with E-state index in [4.69, 9.17) is 12.2 Å². The Hall–Kier alpha value is -1.66. The minimum absolute atomic E-state index is 0.130. The van der Waals surface area contributed by atoms with E-state index in [1.54, 1.807) is 17.8 Å². The Morgan fingerprint density at radius 1 is 1.22 bits per heavy atom. The highest BCUT2D eigenvalue weighted by Gasteiger charge is 2.01. The van der Waals surface area contributed by atoms with Crippen LogP contribution in [-0.4, -0.2) is 22.4 Å². The van der Waals surface area contributed by atoms with E-state index in [1.807, 2.05) is 37.3 Å². The van der Waals surface area contributed by atoms with Crippen LogP contribution in [-0.2, 0) is 5.75 Å². The molecule has 2 rings (SSSR count). The van der Waals surface area contributed by atoms with Crippen molar-refractivity contribution < 1.29 is 4.39 Å². The van der Waals surface area contributed by atoms with E-state index in [9.17, 15) is 4.39 Å². The lowest BCUT2D eigenvalue weighted by Gasteiger charge is -2.10. The quantitative estimate of drug-likeness (QED) is 0.580. The highest BCUT2D eigenvalue weighted by atomic mass is 32.2. The summed E-state index contributed by atoms with van der Waals surface area (Å²) in [7, 11) is 0. The van der Waals surface area contributed by atoms with Crippen LogP contribution in [0.2, 0.25) is 0 Å². The largest absolute Gasteiger partial charge is 0.362 e. The third-order valence-corrected chi connectivity index (χ3v) is 4.44. The SMILES string of the molecule is Cc1cccc(NC(=S)NCCCSCc2ccccc2F)n1. The first-order chi connectivity index (χ1) is 11.1. The second kappa shape index (κ2) is 9.47. The van der Waals surface area contributed by atoms with Crippen LogP contribution in [0.3, 0.4) is 0 Å². The standard InChI is InChI=1S/C17H20FN3S2/c1-13-6-4-9-16(20-13)21-17(22)19-10-5-11-23-12-14-7-2-3-8-15(14)18/h2-4,6-9H,5,10-12H2,1H3,(H2,19,20,21,22). The van der Waals surface area contributed by atoms with Crippen molar-refractivity contribution in [3.8, 4) is 0 Å². The van der Waals surface area contributed by atoms with Crippen LogP contribution in [0.4, 0.5) is 10.2 Å². The normalized spacial score (nSPS) is 10.3. The monoisotopic (exact) mass is 349 g/mol. The van der Waals surface area contributed by atoms with E-state index in [2.05, 4.69) is 15.6 Å². The number of thioether (sulfide) groups is 1. The molecule has 0 unspecified atom stereocenters. The van der Waals surface area contributed by atoms with Crippen molar-refractivity contribution in [2.24, 2.45) is 0 Å². The van der Waals surface area contributed by atoms with E-state index in [0.29, 0.717) is 10.9 Å². The van der Waals surface area contributed by atoms with Crippen molar-refractivity contribution in [3.63, 3.8) is 0 Å². The number of aryl methyl sites for hydroxylation is 1. The Morgan fingerprint density at radius 3 is 2.83 bits per heavy atom. The number of aromatic nitrogens is 1. The predicted octanol–water partition coefficient (Wildman–Crippen LogP) is 4.14. The minimum atomic E-state index is -0.130. The molecule has 0 aliphatic rings. The zero-order valence-electron chi connectivity index (χ0n) is 13.0. The summed E-state index contributed by atoms with van der Waals surface area (Å²) in [4.78, 5) is 4.33. The van der Waals surface area contributed by atoms with Gasteiger partial charge in [0.05, 0.1) is 0 Å². The molecule has 3 nitrogen and oxygen atoms in total. The van der Waals surface area contributed by atoms with Crippen LogP contribution in [0.25, 0.3) is 0 Å². The van der Waals surface area contributed by atoms with Gasteiger partial charge < -0.3 is 10.6 Å². The van der Waals surface area contributed by atoms with Crippen molar-refractivity contribution in [3.05, 3.63) is 59.5 Å². The average molecular weight is 350 g/mol. The molecule has 0 saturated heterocycles. The Bertz CT molecular complexity index is 649. The van der Waals surface area contributed by atoms with Crippen LogP contribution in [0, 0.1) is 12.7 Å². The zero-order valence-corrected chi connectivity index (χ0v) is 14.6. The van der Waals surface area contributed by atoms with Gasteiger partial charge in [-0.2, -0.15) is 11.8 Å². The number of benzene rings is 1. The maximum atomic E-state index is 13.4. The van der Waals surface area contributed by atoms with Gasteiger partial charge in [-0.05, 0) is 55.1 Å². The molecule has 1 heterocycles. The molecule has 122 valence electrons. The third-order valence-electron chi connectivity index (χ3n) is 3.10. The highest BCUT2D eigenvalue weighted by molar-refractivity contribution is 7.98. The molecule has 0 fully saturated rings. The van der Waals surface area contributed by atoms with E-state index in [-0.39, 0.29) is 5.82 Å². The molecule has 0 radical (unpaired) electrons. The van der Waals surface area contributed by atoms with Gasteiger partial charge in [0, 0.05) is 18.0 Å². The van der Waals surface area contributed by atoms with Crippen molar-refractivity contribution in [2.45, 2.75) is 19.1 Å². The Kier molecular flexibility index (Phi) is 7.29. The molecule has 6 heteroatoms. The van der Waals surface area contributed by atoms with Gasteiger partial charge in [-0.1, -0.05) is 24.3 Å². The molecule has 2 N–H and O–H groups in total. The molecule has 23 heavy (non-hydrogen) atoms. The molecule has 0 aliphatic carbocycles. The number of hydrogen-bond donors (Lipinski definition) is 2. The molecule has 0 spiro atoms. The Morgan fingerprint density at radius 2 is 2.04 bits per heavy atom. The summed E-state index contributed by atoms with van der Waals surface area (Å²) in [5.41, 5.74) is 1.70. The molecular weight excluding hydrogens is 329 g/mol. The first kappa shape index (κ1) is 17.7. The number of nitrogens with one attached hydrogen (secondary N) is 2. The first-order valence-corrected chi connectivity index (χ1v) is 9.01. The molecule has 1 aromatic carbocycles. The van der Waals surface area contributed by atoms with Crippen LogP contribution in [0.1, 0.15) is 17.7 Å². The van der Waals surface area contributed by atoms with Crippen LogP contribution >= 0.6 is 24.0 Å². The number of nitrogens with zero attached hydrogens (tertiary/aromatic N) is 1. The van der Waals surface area contributed by atoms with Crippen molar-refractivity contribution in [1.82, 2.24) is 10.3 Å². The Labute approximate surface area is 146 Å². The fourth-order valence-corrected chi connectivity index (χ4v) is 3.10. The molecule has 0 aliphatic heterocycles. The lowest BCUT2D eigenvalue weighted by molar-refractivity contribution is 0.617. The zero-order chi connectivity index (χ0) is 16.5. The van der Waals surface area contributed by atoms with Crippen LogP contribution < -0.4 is 10.6 Å². The summed E-state index contributed by atoms with van der Waals surface area (Å²) in [6.07, 6.45) is 0.961. The molecule has 0 saturated carbocycles. The van der Waals surface area contributed by atoms with Crippen LogP contribution in [0.15, 0.2) is 42.5 Å². The molecular formula is C17H20FN3S2. The number of pyridine rings is 1. The fourth-order valence-electron chi connectivity index (χ4n) is 1.95. The number of halogens is 1. The Balaban J connectivity index is 1.58. The van der Waals surface area contributed by atoms with Gasteiger partial charge in [0.2, 0.25) is 0 Å². The highest BCUT2D eigenvalue weighted by Crippen LogP contribution is 2.15. The van der Waals surface area contributed by atoms with Crippen molar-refractivity contribution in [2.75, 3.05) is 17.6 Å². The number of anilines is 1. The van der Waals surface area contributed by atoms with Crippen molar-refractivity contribution in [1.29, 1.82) is 0 Å². The summed E-state index contributed by atoms with van der Waals surface area (Å²) in [6, 6.07) is 12.7. The van der Waals surface area contributed by atoms with Gasteiger partial charge in [0.15, 0.2) is 5.11 Å². The van der Waals surface area contributed by atoms with E-state index >= 15 is 0 Å². The average Bonchev–Trinajstić information content (AvgIpc) is 2.52. The summed E-state index contributed by atoms with van der Waals surface area (Å²) in [6.45, 7) is 2.72. The van der Waals surface area contributed by atoms with Crippen LogP contribution in [0.5, 0.6) is 0 Å². The van der Waals surface area contributed by atoms with Gasteiger partial charge >= 0.3 is 0 Å². The molecule has 0 atom stereocenters. The second-order valence-corrected chi connectivity index (χ2v) is 6.56. The predicted molar refractivity (Wildman–Crippen MR) is 100 cm³/mol. The maximum Gasteiger partial charge on any atom is 0.171 e. The van der Waals surface area contributed by atoms with Gasteiger partial charge in [-0.15, -0.1) is 0 Å². The summed E-state index contributed by atoms with van der Waals surface area (Å²) < 4.78 is 13.4. The van der Waals surface area contributed by atoms with Crippen molar-refractivity contribution >= 4 is 34.9 Å². The molecule has 2 aromatic rings. The smallest absolute Gasteiger partial charge is 0.171 e. The van der Waals surface area contributed by atoms with Gasteiger partial charge in [0.1, 0.15) is 11.6 Å². The summed E-state index contributed by atoms with van der Waals surface area (Å²) >= 11 is 6.95. The van der Waals surface area contributed by atoms with Gasteiger partial charge in [-0.3, -0.25) is 0 Å². The van der Waals surface area contributed by atoms with Gasteiger partial charge in [0.25, 0.3) is 0 Å². The fraction of sp³-hybridized carbons (Fsp3) is 0.294. The molecule has 0 bridgehead atoms. The first-order valence-electron chi connectivity index (χ1n) is 7.45. The summed E-state index contributed by atoms with van der Waals surface area (Å²) in [5, 5.41) is 6.78. The second-order valence-electron chi connectivity index (χ2n) is 5.04.